The Hall–Kier alpha value is -2.56. The molecule has 0 saturated heterocycles. The number of carbonyl (C=O) groups is 1. The minimum absolute atomic E-state index is 0.00746. The number of rotatable bonds is 4. The molecule has 4 rings (SSSR count). The largest absolute Gasteiger partial charge is 0.469 e. The first-order valence-corrected chi connectivity index (χ1v) is 9.03. The smallest absolute Gasteiger partial charge is 0.251 e. The van der Waals surface area contributed by atoms with Gasteiger partial charge in [0.15, 0.2) is 0 Å². The summed E-state index contributed by atoms with van der Waals surface area (Å²) in [6, 6.07) is 9.63. The molecular formula is C20H23N3O2. The quantitative estimate of drug-likeness (QED) is 0.789. The van der Waals surface area contributed by atoms with E-state index < -0.39 is 0 Å². The van der Waals surface area contributed by atoms with Gasteiger partial charge in [-0.3, -0.25) is 4.79 Å². The van der Waals surface area contributed by atoms with Crippen molar-refractivity contribution in [2.24, 2.45) is 0 Å². The van der Waals surface area contributed by atoms with E-state index in [4.69, 9.17) is 9.40 Å². The first-order chi connectivity index (χ1) is 12.2. The van der Waals surface area contributed by atoms with E-state index in [-0.39, 0.29) is 11.9 Å². The van der Waals surface area contributed by atoms with E-state index in [2.05, 4.69) is 9.88 Å². The molecule has 0 spiro atoms. The molecule has 0 radical (unpaired) electrons. The summed E-state index contributed by atoms with van der Waals surface area (Å²) >= 11 is 0. The summed E-state index contributed by atoms with van der Waals surface area (Å²) in [6.07, 6.45) is 7.02. The summed E-state index contributed by atoms with van der Waals surface area (Å²) in [4.78, 5) is 17.3. The molecule has 5 nitrogen and oxygen atoms in total. The lowest BCUT2D eigenvalue weighted by atomic mass is 10.1. The molecule has 0 bridgehead atoms. The van der Waals surface area contributed by atoms with Gasteiger partial charge in [0.1, 0.15) is 11.6 Å². The third-order valence-electron chi connectivity index (χ3n) is 4.84. The maximum absolute atomic E-state index is 12.5. The molecule has 1 unspecified atom stereocenters. The number of nitrogens with zero attached hydrogens (tertiary/aromatic N) is 2. The zero-order valence-electron chi connectivity index (χ0n) is 14.5. The molecule has 0 saturated carbocycles. The average Bonchev–Trinajstić information content (AvgIpc) is 3.15. The maximum Gasteiger partial charge on any atom is 0.251 e. The van der Waals surface area contributed by atoms with E-state index >= 15 is 0 Å². The van der Waals surface area contributed by atoms with E-state index in [1.165, 1.54) is 19.3 Å². The van der Waals surface area contributed by atoms with Crippen LogP contribution in [0, 0.1) is 0 Å². The Morgan fingerprint density at radius 2 is 2.24 bits per heavy atom. The van der Waals surface area contributed by atoms with Crippen molar-refractivity contribution in [3.8, 4) is 0 Å². The number of hydrogen-bond donors (Lipinski definition) is 1. The van der Waals surface area contributed by atoms with Gasteiger partial charge in [-0.15, -0.1) is 0 Å². The van der Waals surface area contributed by atoms with Gasteiger partial charge in [0, 0.05) is 31.0 Å². The van der Waals surface area contributed by atoms with Crippen molar-refractivity contribution < 1.29 is 9.21 Å². The van der Waals surface area contributed by atoms with Crippen molar-refractivity contribution in [1.82, 2.24) is 14.9 Å². The van der Waals surface area contributed by atoms with Crippen molar-refractivity contribution in [2.45, 2.75) is 51.6 Å². The van der Waals surface area contributed by atoms with Gasteiger partial charge in [0.2, 0.25) is 0 Å². The second-order valence-electron chi connectivity index (χ2n) is 6.85. The lowest BCUT2D eigenvalue weighted by Crippen LogP contribution is -2.33. The van der Waals surface area contributed by atoms with Crippen LogP contribution in [0.4, 0.5) is 0 Å². The van der Waals surface area contributed by atoms with E-state index in [0.29, 0.717) is 12.0 Å². The first-order valence-electron chi connectivity index (χ1n) is 9.03. The minimum atomic E-state index is -0.0656. The summed E-state index contributed by atoms with van der Waals surface area (Å²) in [5, 5.41) is 3.04. The molecule has 1 aliphatic heterocycles. The van der Waals surface area contributed by atoms with Gasteiger partial charge in [0.05, 0.1) is 17.3 Å². The highest BCUT2D eigenvalue weighted by atomic mass is 16.3. The normalized spacial score (nSPS) is 15.6. The van der Waals surface area contributed by atoms with Crippen LogP contribution < -0.4 is 5.32 Å². The monoisotopic (exact) mass is 337 g/mol. The topological polar surface area (TPSA) is 60.1 Å². The lowest BCUT2D eigenvalue weighted by Gasteiger charge is -2.12. The van der Waals surface area contributed by atoms with Crippen LogP contribution >= 0.6 is 0 Å². The van der Waals surface area contributed by atoms with Crippen LogP contribution in [0.15, 0.2) is 41.0 Å². The van der Waals surface area contributed by atoms with Gasteiger partial charge in [-0.25, -0.2) is 4.98 Å². The molecule has 3 heterocycles. The third-order valence-corrected chi connectivity index (χ3v) is 4.84. The van der Waals surface area contributed by atoms with E-state index in [0.717, 1.165) is 35.6 Å². The molecule has 1 aromatic carbocycles. The SMILES string of the molecule is CC(Cc1ccco1)NC(=O)c1ccc2c(c1)nc1n2CCCCC1. The number of fused-ring (bicyclic) bond motifs is 3. The lowest BCUT2D eigenvalue weighted by molar-refractivity contribution is 0.0939. The zero-order valence-corrected chi connectivity index (χ0v) is 14.5. The predicted octanol–water partition coefficient (Wildman–Crippen LogP) is 3.72. The molecule has 1 aliphatic rings. The number of carbonyl (C=O) groups excluding carboxylic acids is 1. The number of aryl methyl sites for hydroxylation is 2. The highest BCUT2D eigenvalue weighted by Gasteiger charge is 2.16. The number of aromatic nitrogens is 2. The Kier molecular flexibility index (Phi) is 4.30. The number of hydrogen-bond acceptors (Lipinski definition) is 3. The Labute approximate surface area is 147 Å². The van der Waals surface area contributed by atoms with Crippen LogP contribution in [-0.2, 0) is 19.4 Å². The summed E-state index contributed by atoms with van der Waals surface area (Å²) in [7, 11) is 0. The molecule has 130 valence electrons. The van der Waals surface area contributed by atoms with Crippen LogP contribution in [0.3, 0.4) is 0 Å². The molecule has 0 aliphatic carbocycles. The molecular weight excluding hydrogens is 314 g/mol. The summed E-state index contributed by atoms with van der Waals surface area (Å²) in [6.45, 7) is 3.01. The van der Waals surface area contributed by atoms with Crippen LogP contribution in [-0.4, -0.2) is 21.5 Å². The van der Waals surface area contributed by atoms with Crippen molar-refractivity contribution in [2.75, 3.05) is 0 Å². The maximum atomic E-state index is 12.5. The summed E-state index contributed by atoms with van der Waals surface area (Å²) in [5.41, 5.74) is 2.72. The van der Waals surface area contributed by atoms with Gasteiger partial charge < -0.3 is 14.3 Å². The fourth-order valence-corrected chi connectivity index (χ4v) is 3.58. The van der Waals surface area contributed by atoms with Gasteiger partial charge in [0.25, 0.3) is 5.91 Å². The molecule has 1 N–H and O–H groups in total. The van der Waals surface area contributed by atoms with Crippen molar-refractivity contribution in [1.29, 1.82) is 0 Å². The number of imidazole rings is 1. The standard InChI is InChI=1S/C20H23N3O2/c1-14(12-16-6-5-11-25-16)21-20(24)15-8-9-18-17(13-15)22-19-7-3-2-4-10-23(18)19/h5-6,8-9,11,13-14H,2-4,7,10,12H2,1H3,(H,21,24). The van der Waals surface area contributed by atoms with Gasteiger partial charge in [-0.2, -0.15) is 0 Å². The Balaban J connectivity index is 1.52. The average molecular weight is 337 g/mol. The van der Waals surface area contributed by atoms with Crippen LogP contribution in [0.1, 0.15) is 48.1 Å². The van der Waals surface area contributed by atoms with E-state index in [1.807, 2.05) is 37.3 Å². The minimum Gasteiger partial charge on any atom is -0.469 e. The van der Waals surface area contributed by atoms with Gasteiger partial charge in [-0.05, 0) is 50.1 Å². The number of furan rings is 1. The van der Waals surface area contributed by atoms with Crippen molar-refractivity contribution in [3.05, 3.63) is 53.7 Å². The zero-order chi connectivity index (χ0) is 17.2. The molecule has 5 heteroatoms. The highest BCUT2D eigenvalue weighted by Crippen LogP contribution is 2.23. The number of amides is 1. The fraction of sp³-hybridized carbons (Fsp3) is 0.400. The molecule has 0 fully saturated rings. The third kappa shape index (κ3) is 3.31. The molecule has 1 amide bonds. The van der Waals surface area contributed by atoms with E-state index in [9.17, 15) is 4.79 Å². The second kappa shape index (κ2) is 6.75. The number of nitrogens with one attached hydrogen (secondary N) is 1. The molecule has 25 heavy (non-hydrogen) atoms. The number of benzene rings is 1. The molecule has 2 aromatic heterocycles. The van der Waals surface area contributed by atoms with Gasteiger partial charge >= 0.3 is 0 Å². The van der Waals surface area contributed by atoms with Crippen molar-refractivity contribution >= 4 is 16.9 Å². The Bertz CT molecular complexity index is 880. The predicted molar refractivity (Wildman–Crippen MR) is 96.6 cm³/mol. The summed E-state index contributed by atoms with van der Waals surface area (Å²) < 4.78 is 7.65. The summed E-state index contributed by atoms with van der Waals surface area (Å²) in [5.74, 6) is 1.96. The van der Waals surface area contributed by atoms with Crippen LogP contribution in [0.5, 0.6) is 0 Å². The Morgan fingerprint density at radius 3 is 3.08 bits per heavy atom. The van der Waals surface area contributed by atoms with Crippen LogP contribution in [0.25, 0.3) is 11.0 Å². The second-order valence-corrected chi connectivity index (χ2v) is 6.85. The molecule has 3 aromatic rings. The first kappa shape index (κ1) is 15.9. The van der Waals surface area contributed by atoms with Crippen LogP contribution in [0.2, 0.25) is 0 Å². The van der Waals surface area contributed by atoms with Crippen molar-refractivity contribution in [3.63, 3.8) is 0 Å². The van der Waals surface area contributed by atoms with E-state index in [1.54, 1.807) is 6.26 Å². The molecule has 1 atom stereocenters. The fourth-order valence-electron chi connectivity index (χ4n) is 3.58. The Morgan fingerprint density at radius 1 is 1.32 bits per heavy atom. The highest BCUT2D eigenvalue weighted by molar-refractivity contribution is 5.97. The van der Waals surface area contributed by atoms with Gasteiger partial charge in [-0.1, -0.05) is 6.42 Å².